The first kappa shape index (κ1) is 19.7. The molecule has 1 saturated heterocycles. The van der Waals surface area contributed by atoms with Crippen LogP contribution in [-0.2, 0) is 6.42 Å². The Morgan fingerprint density at radius 3 is 2.68 bits per heavy atom. The van der Waals surface area contributed by atoms with Crippen molar-refractivity contribution in [3.05, 3.63) is 30.1 Å². The molecule has 1 aliphatic heterocycles. The zero-order valence-electron chi connectivity index (χ0n) is 15.4. The maximum atomic E-state index is 12.0. The lowest BCUT2D eigenvalue weighted by Crippen LogP contribution is -2.48. The van der Waals surface area contributed by atoms with Crippen molar-refractivity contribution in [2.24, 2.45) is 11.8 Å². The molecule has 140 valence electrons. The average Bonchev–Trinajstić information content (AvgIpc) is 2.64. The zero-order valence-corrected chi connectivity index (χ0v) is 15.4. The quantitative estimate of drug-likeness (QED) is 0.668. The molecule has 1 aromatic rings. The van der Waals surface area contributed by atoms with E-state index in [-0.39, 0.29) is 18.6 Å². The second-order valence-corrected chi connectivity index (χ2v) is 7.23. The second kappa shape index (κ2) is 10.4. The van der Waals surface area contributed by atoms with Crippen LogP contribution in [0, 0.1) is 11.8 Å². The van der Waals surface area contributed by atoms with Gasteiger partial charge in [-0.2, -0.15) is 0 Å². The van der Waals surface area contributed by atoms with Crippen LogP contribution in [-0.4, -0.2) is 59.8 Å². The summed E-state index contributed by atoms with van der Waals surface area (Å²) in [6.45, 7) is 7.80. The van der Waals surface area contributed by atoms with Crippen molar-refractivity contribution in [3.63, 3.8) is 0 Å². The number of pyridine rings is 1. The van der Waals surface area contributed by atoms with Crippen molar-refractivity contribution in [1.29, 1.82) is 0 Å². The van der Waals surface area contributed by atoms with Crippen LogP contribution < -0.4 is 10.6 Å². The first-order chi connectivity index (χ1) is 12.1. The first-order valence-corrected chi connectivity index (χ1v) is 9.35. The van der Waals surface area contributed by atoms with Crippen LogP contribution in [0.25, 0.3) is 0 Å². The number of hydrogen-bond acceptors (Lipinski definition) is 4. The van der Waals surface area contributed by atoms with Gasteiger partial charge in [0, 0.05) is 43.5 Å². The lowest BCUT2D eigenvalue weighted by Gasteiger charge is -2.35. The molecule has 0 radical (unpaired) electrons. The van der Waals surface area contributed by atoms with Gasteiger partial charge < -0.3 is 15.7 Å². The van der Waals surface area contributed by atoms with Gasteiger partial charge in [0.2, 0.25) is 0 Å². The number of aliphatic hydroxyl groups is 1. The Labute approximate surface area is 151 Å². The summed E-state index contributed by atoms with van der Waals surface area (Å²) in [6.07, 6.45) is 4.87. The van der Waals surface area contributed by atoms with Crippen molar-refractivity contribution in [2.75, 3.05) is 32.8 Å². The predicted octanol–water partition coefficient (Wildman–Crippen LogP) is 1.65. The van der Waals surface area contributed by atoms with Crippen LogP contribution >= 0.6 is 0 Å². The predicted molar refractivity (Wildman–Crippen MR) is 99.4 cm³/mol. The van der Waals surface area contributed by atoms with Gasteiger partial charge in [-0.05, 0) is 57.3 Å². The summed E-state index contributed by atoms with van der Waals surface area (Å²) in [5.74, 6) is 0.788. The van der Waals surface area contributed by atoms with Crippen LogP contribution in [0.1, 0.15) is 32.4 Å². The van der Waals surface area contributed by atoms with Crippen LogP contribution in [0.4, 0.5) is 4.79 Å². The van der Waals surface area contributed by atoms with Gasteiger partial charge in [-0.25, -0.2) is 4.79 Å². The lowest BCUT2D eigenvalue weighted by molar-refractivity contribution is 0.145. The van der Waals surface area contributed by atoms with E-state index in [1.165, 1.54) is 12.8 Å². The molecular weight excluding hydrogens is 316 g/mol. The molecule has 0 spiro atoms. The fraction of sp³-hybridized carbons (Fsp3) is 0.684. The molecule has 0 aliphatic carbocycles. The van der Waals surface area contributed by atoms with E-state index in [9.17, 15) is 9.90 Å². The summed E-state index contributed by atoms with van der Waals surface area (Å²) in [5, 5.41) is 15.3. The van der Waals surface area contributed by atoms with Gasteiger partial charge in [-0.15, -0.1) is 0 Å². The summed E-state index contributed by atoms with van der Waals surface area (Å²) in [6, 6.07) is 5.91. The minimum absolute atomic E-state index is 0.0262. The van der Waals surface area contributed by atoms with Crippen molar-refractivity contribution in [1.82, 2.24) is 20.5 Å². The van der Waals surface area contributed by atoms with Gasteiger partial charge >= 0.3 is 6.03 Å². The first-order valence-electron chi connectivity index (χ1n) is 9.35. The Morgan fingerprint density at radius 2 is 2.04 bits per heavy atom. The Bertz CT molecular complexity index is 503. The molecule has 1 aliphatic rings. The highest BCUT2D eigenvalue weighted by Gasteiger charge is 2.20. The SMILES string of the molecule is CC1CCN(C(C)CNC(=O)NCC(CO)Cc2ccccn2)CC1. The standard InChI is InChI=1S/C19H32N4O2/c1-15-6-9-23(10-7-15)16(2)12-21-19(25)22-13-17(14-24)11-18-5-3-4-8-20-18/h3-5,8,15-17,24H,6-7,9-14H2,1-2H3,(H2,21,22,25). The van der Waals surface area contributed by atoms with Crippen molar-refractivity contribution < 1.29 is 9.90 Å². The third-order valence-corrected chi connectivity index (χ3v) is 5.03. The number of carbonyl (C=O) groups excluding carboxylic acids is 1. The van der Waals surface area contributed by atoms with Crippen LogP contribution in [0.5, 0.6) is 0 Å². The number of nitrogens with zero attached hydrogens (tertiary/aromatic N) is 2. The number of aromatic nitrogens is 1. The average molecular weight is 348 g/mol. The molecule has 2 amide bonds. The smallest absolute Gasteiger partial charge is 0.314 e. The highest BCUT2D eigenvalue weighted by molar-refractivity contribution is 5.73. The van der Waals surface area contributed by atoms with E-state index < -0.39 is 0 Å². The molecule has 2 rings (SSSR count). The highest BCUT2D eigenvalue weighted by Crippen LogP contribution is 2.17. The molecule has 6 nitrogen and oxygen atoms in total. The van der Waals surface area contributed by atoms with Crippen molar-refractivity contribution in [3.8, 4) is 0 Å². The molecule has 1 fully saturated rings. The number of likely N-dealkylation sites (tertiary alicyclic amines) is 1. The molecule has 2 heterocycles. The van der Waals surface area contributed by atoms with Gasteiger partial charge in [-0.1, -0.05) is 13.0 Å². The van der Waals surface area contributed by atoms with Gasteiger partial charge in [-0.3, -0.25) is 9.88 Å². The van der Waals surface area contributed by atoms with E-state index in [0.29, 0.717) is 25.6 Å². The van der Waals surface area contributed by atoms with Crippen LogP contribution in [0.3, 0.4) is 0 Å². The molecule has 0 saturated carbocycles. The van der Waals surface area contributed by atoms with Crippen molar-refractivity contribution in [2.45, 2.75) is 39.2 Å². The number of aliphatic hydroxyl groups excluding tert-OH is 1. The fourth-order valence-electron chi connectivity index (χ4n) is 3.15. The van der Waals surface area contributed by atoms with E-state index in [1.807, 2.05) is 18.2 Å². The summed E-state index contributed by atoms with van der Waals surface area (Å²) in [5.41, 5.74) is 0.928. The molecule has 1 aromatic heterocycles. The summed E-state index contributed by atoms with van der Waals surface area (Å²) in [7, 11) is 0. The van der Waals surface area contributed by atoms with E-state index in [1.54, 1.807) is 6.20 Å². The molecule has 2 atom stereocenters. The minimum atomic E-state index is -0.170. The third-order valence-electron chi connectivity index (χ3n) is 5.03. The molecule has 2 unspecified atom stereocenters. The monoisotopic (exact) mass is 348 g/mol. The third kappa shape index (κ3) is 7.00. The van der Waals surface area contributed by atoms with Crippen LogP contribution in [0.2, 0.25) is 0 Å². The van der Waals surface area contributed by atoms with Gasteiger partial charge in [0.1, 0.15) is 0 Å². The molecular formula is C19H32N4O2. The summed E-state index contributed by atoms with van der Waals surface area (Å²) < 4.78 is 0. The van der Waals surface area contributed by atoms with E-state index in [2.05, 4.69) is 34.4 Å². The summed E-state index contributed by atoms with van der Waals surface area (Å²) in [4.78, 5) is 18.7. The number of amides is 2. The highest BCUT2D eigenvalue weighted by atomic mass is 16.3. The summed E-state index contributed by atoms with van der Waals surface area (Å²) >= 11 is 0. The second-order valence-electron chi connectivity index (χ2n) is 7.23. The number of urea groups is 1. The number of piperidine rings is 1. The molecule has 25 heavy (non-hydrogen) atoms. The number of nitrogens with one attached hydrogen (secondary N) is 2. The van der Waals surface area contributed by atoms with Gasteiger partial charge in [0.15, 0.2) is 0 Å². The Kier molecular flexibility index (Phi) is 8.15. The molecule has 0 bridgehead atoms. The van der Waals surface area contributed by atoms with Gasteiger partial charge in [0.25, 0.3) is 0 Å². The maximum Gasteiger partial charge on any atom is 0.314 e. The zero-order chi connectivity index (χ0) is 18.1. The van der Waals surface area contributed by atoms with E-state index >= 15 is 0 Å². The molecule has 3 N–H and O–H groups in total. The molecule has 0 aromatic carbocycles. The van der Waals surface area contributed by atoms with E-state index in [4.69, 9.17) is 0 Å². The molecule has 6 heteroatoms. The van der Waals surface area contributed by atoms with Crippen molar-refractivity contribution >= 4 is 6.03 Å². The normalized spacial score (nSPS) is 18.5. The minimum Gasteiger partial charge on any atom is -0.396 e. The van der Waals surface area contributed by atoms with E-state index in [0.717, 1.165) is 24.7 Å². The lowest BCUT2D eigenvalue weighted by atomic mass is 9.98. The van der Waals surface area contributed by atoms with Crippen LogP contribution in [0.15, 0.2) is 24.4 Å². The Hall–Kier alpha value is -1.66. The number of hydrogen-bond donors (Lipinski definition) is 3. The Balaban J connectivity index is 1.65. The largest absolute Gasteiger partial charge is 0.396 e. The topological polar surface area (TPSA) is 77.5 Å². The fourth-order valence-corrected chi connectivity index (χ4v) is 3.15. The number of carbonyl (C=O) groups is 1. The van der Waals surface area contributed by atoms with Gasteiger partial charge in [0.05, 0.1) is 0 Å². The Morgan fingerprint density at radius 1 is 1.32 bits per heavy atom. The maximum absolute atomic E-state index is 12.0. The number of rotatable bonds is 8.